The second kappa shape index (κ2) is 6.64. The Bertz CT molecular complexity index is 837. The van der Waals surface area contributed by atoms with Crippen molar-refractivity contribution < 1.29 is 4.79 Å². The number of rotatable bonds is 3. The minimum Gasteiger partial charge on any atom is -0.308 e. The number of benzene rings is 2. The van der Waals surface area contributed by atoms with Crippen molar-refractivity contribution in [3.05, 3.63) is 52.5 Å². The second-order valence-corrected chi connectivity index (χ2v) is 5.39. The van der Waals surface area contributed by atoms with Gasteiger partial charge in [-0.05, 0) is 41.6 Å². The molecule has 0 bridgehead atoms. The highest BCUT2D eigenvalue weighted by Gasteiger charge is 2.13. The van der Waals surface area contributed by atoms with Gasteiger partial charge in [0.25, 0.3) is 0 Å². The van der Waals surface area contributed by atoms with Gasteiger partial charge in [-0.2, -0.15) is 5.21 Å². The summed E-state index contributed by atoms with van der Waals surface area (Å²) in [5.74, 6) is 0.347. The molecule has 0 fully saturated rings. The van der Waals surface area contributed by atoms with E-state index in [0.29, 0.717) is 32.8 Å². The molecule has 3 N–H and O–H groups in total. The summed E-state index contributed by atoms with van der Waals surface area (Å²) < 4.78 is 0. The van der Waals surface area contributed by atoms with E-state index < -0.39 is 6.03 Å². The standard InChI is InChI=1S/C14H10Cl2N6O/c15-8-2-1-3-10(6-8)17-14(23)18-12-7-9(16)4-5-11(12)13-19-21-22-20-13/h1-7H,(H2,17,18,23)(H,19,20,21,22). The maximum atomic E-state index is 12.2. The Morgan fingerprint density at radius 2 is 1.87 bits per heavy atom. The van der Waals surface area contributed by atoms with Crippen LogP contribution >= 0.6 is 23.2 Å². The number of carbonyl (C=O) groups is 1. The molecule has 0 spiro atoms. The molecule has 0 aliphatic carbocycles. The number of hydrogen-bond acceptors (Lipinski definition) is 4. The lowest BCUT2D eigenvalue weighted by Crippen LogP contribution is -2.19. The molecule has 0 saturated heterocycles. The summed E-state index contributed by atoms with van der Waals surface area (Å²) in [5.41, 5.74) is 1.61. The van der Waals surface area contributed by atoms with E-state index in [1.54, 1.807) is 42.5 Å². The number of hydrogen-bond donors (Lipinski definition) is 3. The van der Waals surface area contributed by atoms with Crippen LogP contribution in [0.3, 0.4) is 0 Å². The van der Waals surface area contributed by atoms with Gasteiger partial charge in [-0.25, -0.2) is 4.79 Å². The first-order valence-electron chi connectivity index (χ1n) is 6.49. The molecule has 0 aliphatic rings. The number of nitrogens with zero attached hydrogens (tertiary/aromatic N) is 3. The Morgan fingerprint density at radius 1 is 1.04 bits per heavy atom. The third-order valence-electron chi connectivity index (χ3n) is 2.90. The topological polar surface area (TPSA) is 95.6 Å². The summed E-state index contributed by atoms with van der Waals surface area (Å²) in [5, 5.41) is 20.1. The van der Waals surface area contributed by atoms with Gasteiger partial charge in [0.1, 0.15) is 0 Å². The van der Waals surface area contributed by atoms with Crippen molar-refractivity contribution in [2.45, 2.75) is 0 Å². The van der Waals surface area contributed by atoms with Gasteiger partial charge < -0.3 is 10.6 Å². The molecule has 0 unspecified atom stereocenters. The SMILES string of the molecule is O=C(Nc1cccc(Cl)c1)Nc1cc(Cl)ccc1-c1nn[nH]n1. The number of amides is 2. The Kier molecular flexibility index (Phi) is 4.40. The molecule has 1 heterocycles. The smallest absolute Gasteiger partial charge is 0.308 e. The van der Waals surface area contributed by atoms with E-state index in [4.69, 9.17) is 23.2 Å². The number of urea groups is 1. The van der Waals surface area contributed by atoms with Crippen LogP contribution in [0.2, 0.25) is 10.0 Å². The first-order valence-corrected chi connectivity index (χ1v) is 7.24. The Morgan fingerprint density at radius 3 is 2.61 bits per heavy atom. The quantitative estimate of drug-likeness (QED) is 0.670. The molecule has 23 heavy (non-hydrogen) atoms. The van der Waals surface area contributed by atoms with E-state index in [0.717, 1.165) is 0 Å². The first-order chi connectivity index (χ1) is 11.1. The maximum absolute atomic E-state index is 12.2. The number of carbonyl (C=O) groups excluding carboxylic acids is 1. The predicted octanol–water partition coefficient (Wildman–Crippen LogP) is 3.82. The minimum atomic E-state index is -0.445. The van der Waals surface area contributed by atoms with Gasteiger partial charge >= 0.3 is 6.03 Å². The highest BCUT2D eigenvalue weighted by Crippen LogP contribution is 2.28. The number of nitrogens with one attached hydrogen (secondary N) is 3. The van der Waals surface area contributed by atoms with E-state index in [1.165, 1.54) is 0 Å². The van der Waals surface area contributed by atoms with Crippen LogP contribution in [0.1, 0.15) is 0 Å². The average molecular weight is 349 g/mol. The summed E-state index contributed by atoms with van der Waals surface area (Å²) in [6.07, 6.45) is 0. The van der Waals surface area contributed by atoms with E-state index in [1.807, 2.05) is 0 Å². The largest absolute Gasteiger partial charge is 0.323 e. The fraction of sp³-hybridized carbons (Fsp3) is 0. The highest BCUT2D eigenvalue weighted by atomic mass is 35.5. The Hall–Kier alpha value is -2.64. The Labute approximate surface area is 141 Å². The zero-order valence-electron chi connectivity index (χ0n) is 11.5. The van der Waals surface area contributed by atoms with E-state index in [9.17, 15) is 4.79 Å². The van der Waals surface area contributed by atoms with Crippen molar-refractivity contribution in [2.75, 3.05) is 10.6 Å². The molecule has 0 radical (unpaired) electrons. The molecule has 2 amide bonds. The van der Waals surface area contributed by atoms with Gasteiger partial charge in [0.2, 0.25) is 5.82 Å². The number of aromatic amines is 1. The van der Waals surface area contributed by atoms with Gasteiger partial charge in [0.15, 0.2) is 0 Å². The molecular weight excluding hydrogens is 339 g/mol. The van der Waals surface area contributed by atoms with Crippen LogP contribution in [0.4, 0.5) is 16.2 Å². The number of halogens is 2. The molecule has 0 aliphatic heterocycles. The lowest BCUT2D eigenvalue weighted by atomic mass is 10.1. The molecular formula is C14H10Cl2N6O. The molecule has 7 nitrogen and oxygen atoms in total. The van der Waals surface area contributed by atoms with Gasteiger partial charge in [-0.1, -0.05) is 29.3 Å². The van der Waals surface area contributed by atoms with E-state index >= 15 is 0 Å². The van der Waals surface area contributed by atoms with Crippen LogP contribution in [0.5, 0.6) is 0 Å². The normalized spacial score (nSPS) is 10.3. The maximum Gasteiger partial charge on any atom is 0.323 e. The second-order valence-electron chi connectivity index (χ2n) is 4.51. The summed E-state index contributed by atoms with van der Waals surface area (Å²) in [7, 11) is 0. The highest BCUT2D eigenvalue weighted by molar-refractivity contribution is 6.31. The van der Waals surface area contributed by atoms with Crippen LogP contribution in [-0.2, 0) is 0 Å². The fourth-order valence-corrected chi connectivity index (χ4v) is 2.30. The Balaban J connectivity index is 1.82. The van der Waals surface area contributed by atoms with E-state index in [-0.39, 0.29) is 0 Å². The zero-order valence-corrected chi connectivity index (χ0v) is 13.1. The van der Waals surface area contributed by atoms with Crippen molar-refractivity contribution >= 4 is 40.6 Å². The van der Waals surface area contributed by atoms with Crippen molar-refractivity contribution in [3.63, 3.8) is 0 Å². The lowest BCUT2D eigenvalue weighted by molar-refractivity contribution is 0.262. The van der Waals surface area contributed by atoms with Crippen molar-refractivity contribution in [1.82, 2.24) is 20.6 Å². The van der Waals surface area contributed by atoms with Crippen molar-refractivity contribution in [1.29, 1.82) is 0 Å². The van der Waals surface area contributed by atoms with Crippen LogP contribution in [0.15, 0.2) is 42.5 Å². The average Bonchev–Trinajstić information content (AvgIpc) is 3.01. The van der Waals surface area contributed by atoms with Crippen molar-refractivity contribution in [3.8, 4) is 11.4 Å². The fourth-order valence-electron chi connectivity index (χ4n) is 1.94. The predicted molar refractivity (Wildman–Crippen MR) is 88.7 cm³/mol. The minimum absolute atomic E-state index is 0.347. The molecule has 3 aromatic rings. The van der Waals surface area contributed by atoms with Gasteiger partial charge in [-0.3, -0.25) is 0 Å². The first kappa shape index (κ1) is 15.3. The van der Waals surface area contributed by atoms with Crippen LogP contribution in [0, 0.1) is 0 Å². The molecule has 2 aromatic carbocycles. The molecule has 0 atom stereocenters. The number of anilines is 2. The molecule has 3 rings (SSSR count). The van der Waals surface area contributed by atoms with Gasteiger partial charge in [-0.15, -0.1) is 10.2 Å². The third kappa shape index (κ3) is 3.77. The monoisotopic (exact) mass is 348 g/mol. The molecule has 116 valence electrons. The van der Waals surface area contributed by atoms with Crippen LogP contribution in [0.25, 0.3) is 11.4 Å². The summed E-state index contributed by atoms with van der Waals surface area (Å²) in [6.45, 7) is 0. The van der Waals surface area contributed by atoms with E-state index in [2.05, 4.69) is 31.3 Å². The van der Waals surface area contributed by atoms with Gasteiger partial charge in [0, 0.05) is 21.3 Å². The zero-order chi connectivity index (χ0) is 16.2. The van der Waals surface area contributed by atoms with Crippen molar-refractivity contribution in [2.24, 2.45) is 0 Å². The third-order valence-corrected chi connectivity index (χ3v) is 3.37. The summed E-state index contributed by atoms with van der Waals surface area (Å²) >= 11 is 11.9. The summed E-state index contributed by atoms with van der Waals surface area (Å²) in [4.78, 5) is 12.2. The lowest BCUT2D eigenvalue weighted by Gasteiger charge is -2.11. The number of tetrazole rings is 1. The number of aromatic nitrogens is 4. The van der Waals surface area contributed by atoms with Crippen LogP contribution in [-0.4, -0.2) is 26.7 Å². The summed E-state index contributed by atoms with van der Waals surface area (Å²) in [6, 6.07) is 11.3. The van der Waals surface area contributed by atoms with Crippen LogP contribution < -0.4 is 10.6 Å². The number of H-pyrrole nitrogens is 1. The molecule has 1 aromatic heterocycles. The van der Waals surface area contributed by atoms with Gasteiger partial charge in [0.05, 0.1) is 5.69 Å². The molecule has 0 saturated carbocycles. The molecule has 9 heteroatoms.